The molecule has 1 unspecified atom stereocenters. The van der Waals surface area contributed by atoms with Crippen molar-refractivity contribution in [2.24, 2.45) is 5.73 Å². The van der Waals surface area contributed by atoms with Gasteiger partial charge in [-0.2, -0.15) is 0 Å². The Hall–Kier alpha value is -0.290. The van der Waals surface area contributed by atoms with Crippen LogP contribution in [0.4, 0.5) is 0 Å². The summed E-state index contributed by atoms with van der Waals surface area (Å²) in [5.41, 5.74) is 5.25. The van der Waals surface area contributed by atoms with Gasteiger partial charge in [-0.1, -0.05) is 12.2 Å². The number of nitrogens with one attached hydrogen (secondary N) is 1. The van der Waals surface area contributed by atoms with Crippen LogP contribution in [0.2, 0.25) is 0 Å². The molecule has 0 saturated carbocycles. The average molecular weight is 204 g/mol. The normalized spacial score (nSPS) is 22.2. The summed E-state index contributed by atoms with van der Waals surface area (Å²) in [4.78, 5) is 11.6. The predicted molar refractivity (Wildman–Crippen MR) is 55.3 cm³/mol. The van der Waals surface area contributed by atoms with Crippen LogP contribution < -0.4 is 11.1 Å². The summed E-state index contributed by atoms with van der Waals surface area (Å²) in [6, 6.07) is 0. The van der Waals surface area contributed by atoms with Crippen LogP contribution in [0.3, 0.4) is 0 Å². The summed E-state index contributed by atoms with van der Waals surface area (Å²) in [5.74, 6) is 1.16. The highest BCUT2D eigenvalue weighted by Crippen LogP contribution is 2.25. The minimum Gasteiger partial charge on any atom is -0.392 e. The topological polar surface area (TPSA) is 55.1 Å². The number of thioether (sulfide) groups is 1. The lowest BCUT2D eigenvalue weighted by molar-refractivity contribution is -0.120. The van der Waals surface area contributed by atoms with Gasteiger partial charge in [0.1, 0.15) is 0 Å². The van der Waals surface area contributed by atoms with Crippen LogP contribution in [-0.2, 0) is 4.79 Å². The van der Waals surface area contributed by atoms with Gasteiger partial charge in [0.25, 0.3) is 0 Å². The zero-order valence-electron chi connectivity index (χ0n) is 6.71. The monoisotopic (exact) mass is 204 g/mol. The van der Waals surface area contributed by atoms with Gasteiger partial charge >= 0.3 is 0 Å². The Bertz CT molecular complexity index is 190. The molecule has 1 fully saturated rings. The molecule has 0 aromatic carbocycles. The third kappa shape index (κ3) is 2.98. The van der Waals surface area contributed by atoms with Crippen molar-refractivity contribution in [2.75, 3.05) is 12.3 Å². The first-order chi connectivity index (χ1) is 5.70. The van der Waals surface area contributed by atoms with Crippen molar-refractivity contribution >= 4 is 34.9 Å². The average Bonchev–Trinajstić information content (AvgIpc) is 2.51. The molecule has 68 valence electrons. The van der Waals surface area contributed by atoms with E-state index in [2.05, 4.69) is 17.5 Å². The molecule has 0 bridgehead atoms. The molecule has 3 N–H and O–H groups in total. The fourth-order valence-corrected chi connectivity index (χ4v) is 2.33. The Labute approximate surface area is 81.5 Å². The predicted octanol–water partition coefficient (Wildman–Crippen LogP) is 0.284. The third-order valence-electron chi connectivity index (χ3n) is 1.66. The van der Waals surface area contributed by atoms with E-state index in [0.717, 1.165) is 18.6 Å². The maximum Gasteiger partial charge on any atom is 0.233 e. The molecule has 0 spiro atoms. The molecule has 1 aliphatic heterocycles. The lowest BCUT2D eigenvalue weighted by Crippen LogP contribution is -2.37. The highest BCUT2D eigenvalue weighted by molar-refractivity contribution is 8.00. The summed E-state index contributed by atoms with van der Waals surface area (Å²) in [6.07, 6.45) is 2.11. The number of hydrogen-bond acceptors (Lipinski definition) is 3. The van der Waals surface area contributed by atoms with E-state index in [4.69, 9.17) is 5.73 Å². The number of amides is 1. The number of carbonyl (C=O) groups is 1. The molecule has 1 rings (SSSR count). The second-order valence-electron chi connectivity index (χ2n) is 2.69. The van der Waals surface area contributed by atoms with Crippen molar-refractivity contribution in [2.45, 2.75) is 18.1 Å². The maximum atomic E-state index is 11.3. The van der Waals surface area contributed by atoms with Crippen LogP contribution in [0.1, 0.15) is 12.8 Å². The van der Waals surface area contributed by atoms with Crippen molar-refractivity contribution < 1.29 is 4.79 Å². The highest BCUT2D eigenvalue weighted by atomic mass is 32.2. The van der Waals surface area contributed by atoms with Gasteiger partial charge in [-0.3, -0.25) is 4.79 Å². The van der Waals surface area contributed by atoms with E-state index in [1.165, 1.54) is 0 Å². The lowest BCUT2D eigenvalue weighted by atomic mass is 10.2. The minimum absolute atomic E-state index is 0.0744. The maximum absolute atomic E-state index is 11.3. The van der Waals surface area contributed by atoms with Gasteiger partial charge < -0.3 is 11.1 Å². The second kappa shape index (κ2) is 4.67. The van der Waals surface area contributed by atoms with Gasteiger partial charge in [-0.15, -0.1) is 11.8 Å². The molecule has 1 heterocycles. The molecule has 3 nitrogen and oxygen atoms in total. The SMILES string of the molecule is NC(=S)CNC(=O)C1CCCS1. The molecule has 0 aromatic rings. The zero-order valence-corrected chi connectivity index (χ0v) is 8.34. The first-order valence-electron chi connectivity index (χ1n) is 3.88. The molecule has 1 amide bonds. The standard InChI is InChI=1S/C7H12N2OS2/c8-6(11)4-9-7(10)5-2-1-3-12-5/h5H,1-4H2,(H2,8,11)(H,9,10). The van der Waals surface area contributed by atoms with Crippen molar-refractivity contribution in [3.63, 3.8) is 0 Å². The van der Waals surface area contributed by atoms with Gasteiger partial charge in [0, 0.05) is 0 Å². The van der Waals surface area contributed by atoms with Gasteiger partial charge in [0.05, 0.1) is 16.8 Å². The van der Waals surface area contributed by atoms with Crippen LogP contribution in [0.15, 0.2) is 0 Å². The molecule has 0 aliphatic carbocycles. The molecular formula is C7H12N2OS2. The number of rotatable bonds is 3. The molecule has 1 atom stereocenters. The number of carbonyl (C=O) groups excluding carboxylic acids is 1. The van der Waals surface area contributed by atoms with Gasteiger partial charge in [0.2, 0.25) is 5.91 Å². The molecular weight excluding hydrogens is 192 g/mol. The van der Waals surface area contributed by atoms with E-state index >= 15 is 0 Å². The van der Waals surface area contributed by atoms with E-state index in [-0.39, 0.29) is 11.2 Å². The molecule has 0 radical (unpaired) electrons. The first-order valence-corrected chi connectivity index (χ1v) is 5.33. The van der Waals surface area contributed by atoms with Gasteiger partial charge in [-0.05, 0) is 18.6 Å². The molecule has 5 heteroatoms. The quantitative estimate of drug-likeness (QED) is 0.649. The summed E-state index contributed by atoms with van der Waals surface area (Å²) in [5, 5.41) is 2.82. The van der Waals surface area contributed by atoms with Crippen LogP contribution >= 0.6 is 24.0 Å². The smallest absolute Gasteiger partial charge is 0.233 e. The molecule has 1 saturated heterocycles. The number of thiocarbonyl (C=S) groups is 1. The van der Waals surface area contributed by atoms with Crippen molar-refractivity contribution in [3.8, 4) is 0 Å². The molecule has 1 aliphatic rings. The van der Waals surface area contributed by atoms with E-state index in [1.807, 2.05) is 0 Å². The lowest BCUT2D eigenvalue weighted by Gasteiger charge is -2.08. The summed E-state index contributed by atoms with van der Waals surface area (Å²) < 4.78 is 0. The van der Waals surface area contributed by atoms with E-state index in [9.17, 15) is 4.79 Å². The molecule has 12 heavy (non-hydrogen) atoms. The van der Waals surface area contributed by atoms with Crippen molar-refractivity contribution in [1.82, 2.24) is 5.32 Å². The van der Waals surface area contributed by atoms with Crippen LogP contribution in [-0.4, -0.2) is 28.4 Å². The largest absolute Gasteiger partial charge is 0.392 e. The second-order valence-corrected chi connectivity index (χ2v) is 4.52. The fraction of sp³-hybridized carbons (Fsp3) is 0.714. The summed E-state index contributed by atoms with van der Waals surface area (Å²) in [6.45, 7) is 0.325. The zero-order chi connectivity index (χ0) is 8.97. The van der Waals surface area contributed by atoms with Crippen molar-refractivity contribution in [3.05, 3.63) is 0 Å². The Morgan fingerprint density at radius 2 is 2.50 bits per heavy atom. The van der Waals surface area contributed by atoms with Crippen LogP contribution in [0, 0.1) is 0 Å². The Morgan fingerprint density at radius 1 is 1.75 bits per heavy atom. The van der Waals surface area contributed by atoms with Crippen LogP contribution in [0.5, 0.6) is 0 Å². The Morgan fingerprint density at radius 3 is 3.00 bits per heavy atom. The van der Waals surface area contributed by atoms with Crippen molar-refractivity contribution in [1.29, 1.82) is 0 Å². The minimum atomic E-state index is 0.0744. The van der Waals surface area contributed by atoms with E-state index in [0.29, 0.717) is 11.5 Å². The van der Waals surface area contributed by atoms with E-state index in [1.54, 1.807) is 11.8 Å². The third-order valence-corrected chi connectivity index (χ3v) is 3.18. The van der Waals surface area contributed by atoms with Gasteiger partial charge in [0.15, 0.2) is 0 Å². The number of hydrogen-bond donors (Lipinski definition) is 2. The van der Waals surface area contributed by atoms with E-state index < -0.39 is 0 Å². The molecule has 0 aromatic heterocycles. The Balaban J connectivity index is 2.23. The summed E-state index contributed by atoms with van der Waals surface area (Å²) >= 11 is 6.35. The van der Waals surface area contributed by atoms with Gasteiger partial charge in [-0.25, -0.2) is 0 Å². The summed E-state index contributed by atoms with van der Waals surface area (Å²) in [7, 11) is 0. The number of nitrogens with two attached hydrogens (primary N) is 1. The van der Waals surface area contributed by atoms with Crippen LogP contribution in [0.25, 0.3) is 0 Å². The fourth-order valence-electron chi connectivity index (χ4n) is 1.07. The first kappa shape index (κ1) is 9.80. The Kier molecular flexibility index (Phi) is 3.81. The highest BCUT2D eigenvalue weighted by Gasteiger charge is 2.22.